The second kappa shape index (κ2) is 5.51. The second-order valence-corrected chi connectivity index (χ2v) is 4.65. The summed E-state index contributed by atoms with van der Waals surface area (Å²) >= 11 is 12.2. The molecule has 2 aromatic rings. The van der Waals surface area contributed by atoms with Gasteiger partial charge in [-0.3, -0.25) is 4.79 Å². The molecule has 0 atom stereocenters. The van der Waals surface area contributed by atoms with Gasteiger partial charge >= 0.3 is 0 Å². The van der Waals surface area contributed by atoms with Gasteiger partial charge in [-0.05, 0) is 29.8 Å². The van der Waals surface area contributed by atoms with Crippen LogP contribution in [0.2, 0.25) is 10.0 Å². The van der Waals surface area contributed by atoms with Crippen LogP contribution in [-0.4, -0.2) is 18.5 Å². The number of rotatable bonds is 3. The average Bonchev–Trinajstić information content (AvgIpc) is 2.40. The standard InChI is InChI=1S/C14H10Cl2O3/c1-19-12-6-8(5-9(7-17)14(12)18)13-10(15)3-2-4-11(13)16/h2-7,18H,1H3. The van der Waals surface area contributed by atoms with Crippen molar-refractivity contribution in [1.82, 2.24) is 0 Å². The van der Waals surface area contributed by atoms with E-state index >= 15 is 0 Å². The highest BCUT2D eigenvalue weighted by atomic mass is 35.5. The predicted octanol–water partition coefficient (Wildman–Crippen LogP) is 4.19. The van der Waals surface area contributed by atoms with Crippen molar-refractivity contribution in [3.63, 3.8) is 0 Å². The summed E-state index contributed by atoms with van der Waals surface area (Å²) in [7, 11) is 1.40. The molecule has 0 fully saturated rings. The maximum absolute atomic E-state index is 11.0. The molecule has 0 unspecified atom stereocenters. The number of aromatic hydroxyl groups is 1. The van der Waals surface area contributed by atoms with Crippen molar-refractivity contribution in [2.24, 2.45) is 0 Å². The van der Waals surface area contributed by atoms with E-state index in [0.29, 0.717) is 27.5 Å². The molecule has 19 heavy (non-hydrogen) atoms. The van der Waals surface area contributed by atoms with E-state index < -0.39 is 0 Å². The van der Waals surface area contributed by atoms with E-state index in [4.69, 9.17) is 27.9 Å². The van der Waals surface area contributed by atoms with E-state index in [-0.39, 0.29) is 17.1 Å². The van der Waals surface area contributed by atoms with Crippen molar-refractivity contribution in [2.75, 3.05) is 7.11 Å². The van der Waals surface area contributed by atoms with Gasteiger partial charge in [0.15, 0.2) is 17.8 Å². The Balaban J connectivity index is 2.73. The first-order chi connectivity index (χ1) is 9.08. The zero-order valence-electron chi connectivity index (χ0n) is 9.98. The van der Waals surface area contributed by atoms with Gasteiger partial charge in [0.25, 0.3) is 0 Å². The summed E-state index contributed by atoms with van der Waals surface area (Å²) in [6, 6.07) is 8.21. The van der Waals surface area contributed by atoms with Crippen molar-refractivity contribution in [3.8, 4) is 22.6 Å². The van der Waals surface area contributed by atoms with Crippen LogP contribution < -0.4 is 4.74 Å². The van der Waals surface area contributed by atoms with Crippen LogP contribution in [0.15, 0.2) is 30.3 Å². The van der Waals surface area contributed by atoms with Crippen molar-refractivity contribution in [1.29, 1.82) is 0 Å². The lowest BCUT2D eigenvalue weighted by molar-refractivity contribution is 0.112. The second-order valence-electron chi connectivity index (χ2n) is 3.83. The fourth-order valence-corrected chi connectivity index (χ4v) is 2.41. The molecule has 0 bridgehead atoms. The molecule has 0 heterocycles. The van der Waals surface area contributed by atoms with E-state index in [1.54, 1.807) is 24.3 Å². The van der Waals surface area contributed by atoms with Gasteiger partial charge in [0, 0.05) is 15.6 Å². The number of benzene rings is 2. The Kier molecular flexibility index (Phi) is 3.98. The summed E-state index contributed by atoms with van der Waals surface area (Å²) in [6.45, 7) is 0. The lowest BCUT2D eigenvalue weighted by Crippen LogP contribution is -1.91. The third-order valence-electron chi connectivity index (χ3n) is 2.70. The fraction of sp³-hybridized carbons (Fsp3) is 0.0714. The number of hydrogen-bond acceptors (Lipinski definition) is 3. The number of phenolic OH excluding ortho intramolecular Hbond substituents is 1. The van der Waals surface area contributed by atoms with Crippen LogP contribution in [0, 0.1) is 0 Å². The summed E-state index contributed by atoms with van der Waals surface area (Å²) in [5.41, 5.74) is 1.31. The number of aldehydes is 1. The molecule has 0 radical (unpaired) electrons. The SMILES string of the molecule is COc1cc(-c2c(Cl)cccc2Cl)cc(C=O)c1O. The third kappa shape index (κ3) is 2.53. The van der Waals surface area contributed by atoms with E-state index in [9.17, 15) is 9.90 Å². The van der Waals surface area contributed by atoms with Crippen LogP contribution in [0.5, 0.6) is 11.5 Å². The molecule has 0 aliphatic heterocycles. The summed E-state index contributed by atoms with van der Waals surface area (Å²) in [5, 5.41) is 10.7. The zero-order valence-corrected chi connectivity index (χ0v) is 11.5. The van der Waals surface area contributed by atoms with Crippen molar-refractivity contribution < 1.29 is 14.6 Å². The molecule has 1 N–H and O–H groups in total. The summed E-state index contributed by atoms with van der Waals surface area (Å²) < 4.78 is 5.03. The van der Waals surface area contributed by atoms with Gasteiger partial charge in [-0.25, -0.2) is 0 Å². The molecule has 0 aliphatic carbocycles. The number of carbonyl (C=O) groups excluding carboxylic acids is 1. The number of methoxy groups -OCH3 is 1. The normalized spacial score (nSPS) is 10.3. The largest absolute Gasteiger partial charge is 0.504 e. The Bertz CT molecular complexity index is 619. The molecular formula is C14H10Cl2O3. The van der Waals surface area contributed by atoms with Gasteiger partial charge < -0.3 is 9.84 Å². The number of carbonyl (C=O) groups is 1. The highest BCUT2D eigenvalue weighted by molar-refractivity contribution is 6.39. The number of phenols is 1. The Morgan fingerprint density at radius 3 is 2.37 bits per heavy atom. The first-order valence-corrected chi connectivity index (χ1v) is 6.14. The van der Waals surface area contributed by atoms with Crippen LogP contribution in [0.3, 0.4) is 0 Å². The lowest BCUT2D eigenvalue weighted by atomic mass is 10.0. The molecule has 2 aromatic carbocycles. The van der Waals surface area contributed by atoms with Gasteiger partial charge in [-0.2, -0.15) is 0 Å². The highest BCUT2D eigenvalue weighted by Gasteiger charge is 2.15. The maximum atomic E-state index is 11.0. The number of halogens is 2. The van der Waals surface area contributed by atoms with E-state index in [1.807, 2.05) is 0 Å². The Morgan fingerprint density at radius 2 is 1.84 bits per heavy atom. The monoisotopic (exact) mass is 296 g/mol. The van der Waals surface area contributed by atoms with Crippen LogP contribution in [0.25, 0.3) is 11.1 Å². The minimum atomic E-state index is -0.204. The van der Waals surface area contributed by atoms with Gasteiger partial charge in [-0.15, -0.1) is 0 Å². The summed E-state index contributed by atoms with van der Waals surface area (Å²) in [4.78, 5) is 11.0. The molecule has 0 saturated heterocycles. The molecule has 5 heteroatoms. The van der Waals surface area contributed by atoms with Crippen LogP contribution >= 0.6 is 23.2 Å². The molecule has 0 saturated carbocycles. The first-order valence-electron chi connectivity index (χ1n) is 5.39. The van der Waals surface area contributed by atoms with Crippen molar-refractivity contribution in [2.45, 2.75) is 0 Å². The van der Waals surface area contributed by atoms with Crippen molar-refractivity contribution >= 4 is 29.5 Å². The van der Waals surface area contributed by atoms with Gasteiger partial charge in [0.2, 0.25) is 0 Å². The fourth-order valence-electron chi connectivity index (χ4n) is 1.79. The topological polar surface area (TPSA) is 46.5 Å². The molecule has 0 amide bonds. The lowest BCUT2D eigenvalue weighted by Gasteiger charge is -2.11. The number of ether oxygens (including phenoxy) is 1. The van der Waals surface area contributed by atoms with Crippen molar-refractivity contribution in [3.05, 3.63) is 45.9 Å². The number of hydrogen-bond donors (Lipinski definition) is 1. The molecule has 98 valence electrons. The molecule has 0 aliphatic rings. The molecular weight excluding hydrogens is 287 g/mol. The molecule has 0 spiro atoms. The molecule has 2 rings (SSSR count). The molecule has 3 nitrogen and oxygen atoms in total. The first kappa shape index (κ1) is 13.7. The van der Waals surface area contributed by atoms with E-state index in [0.717, 1.165) is 0 Å². The smallest absolute Gasteiger partial charge is 0.168 e. The van der Waals surface area contributed by atoms with Gasteiger partial charge in [-0.1, -0.05) is 29.3 Å². The Hall–Kier alpha value is -1.71. The van der Waals surface area contributed by atoms with E-state index in [2.05, 4.69) is 0 Å². The average molecular weight is 297 g/mol. The zero-order chi connectivity index (χ0) is 14.0. The highest BCUT2D eigenvalue weighted by Crippen LogP contribution is 2.40. The van der Waals surface area contributed by atoms with Crippen LogP contribution in [0.1, 0.15) is 10.4 Å². The van der Waals surface area contributed by atoms with Crippen LogP contribution in [0.4, 0.5) is 0 Å². The van der Waals surface area contributed by atoms with Gasteiger partial charge in [0.1, 0.15) is 0 Å². The summed E-state index contributed by atoms with van der Waals surface area (Å²) in [6.07, 6.45) is 0.548. The minimum absolute atomic E-state index is 0.116. The predicted molar refractivity (Wildman–Crippen MR) is 75.5 cm³/mol. The Labute approximate surface area is 120 Å². The minimum Gasteiger partial charge on any atom is -0.504 e. The third-order valence-corrected chi connectivity index (χ3v) is 3.33. The van der Waals surface area contributed by atoms with E-state index in [1.165, 1.54) is 13.2 Å². The maximum Gasteiger partial charge on any atom is 0.168 e. The quantitative estimate of drug-likeness (QED) is 0.864. The molecule has 0 aromatic heterocycles. The Morgan fingerprint density at radius 1 is 1.21 bits per heavy atom. The van der Waals surface area contributed by atoms with Gasteiger partial charge in [0.05, 0.1) is 12.7 Å². The van der Waals surface area contributed by atoms with Crippen LogP contribution in [-0.2, 0) is 0 Å². The summed E-state index contributed by atoms with van der Waals surface area (Å²) in [5.74, 6) is -0.0139.